The van der Waals surface area contributed by atoms with E-state index in [1.54, 1.807) is 44.4 Å². The highest BCUT2D eigenvalue weighted by Crippen LogP contribution is 2.44. The molecule has 1 N–H and O–H groups in total. The number of aromatic nitrogens is 1. The van der Waals surface area contributed by atoms with Gasteiger partial charge in [0.25, 0.3) is 5.91 Å². The third kappa shape index (κ3) is 3.56. The molecule has 4 aromatic rings. The van der Waals surface area contributed by atoms with E-state index in [9.17, 15) is 14.7 Å². The summed E-state index contributed by atoms with van der Waals surface area (Å²) in [5.74, 6) is -0.675. The van der Waals surface area contributed by atoms with Crippen molar-refractivity contribution < 1.29 is 23.8 Å². The molecule has 8 heteroatoms. The maximum atomic E-state index is 13.4. The van der Waals surface area contributed by atoms with Crippen LogP contribution in [0.15, 0.2) is 70.3 Å². The third-order valence-electron chi connectivity index (χ3n) is 5.88. The Labute approximate surface area is 199 Å². The van der Waals surface area contributed by atoms with Crippen LogP contribution in [-0.2, 0) is 11.2 Å². The van der Waals surface area contributed by atoms with E-state index >= 15 is 0 Å². The van der Waals surface area contributed by atoms with E-state index in [0.29, 0.717) is 22.2 Å². The number of fused-ring (bicyclic) bond motifs is 1. The molecule has 1 aliphatic rings. The van der Waals surface area contributed by atoms with Gasteiger partial charge in [0.1, 0.15) is 11.5 Å². The second kappa shape index (κ2) is 8.46. The van der Waals surface area contributed by atoms with Gasteiger partial charge in [-0.1, -0.05) is 36.5 Å². The van der Waals surface area contributed by atoms with Crippen LogP contribution in [0.2, 0.25) is 0 Å². The largest absolute Gasteiger partial charge is 0.503 e. The number of thiazole rings is 1. The Morgan fingerprint density at radius 1 is 1.21 bits per heavy atom. The number of furan rings is 1. The van der Waals surface area contributed by atoms with Crippen LogP contribution in [-0.4, -0.2) is 28.9 Å². The molecule has 0 aliphatic carbocycles. The molecule has 5 rings (SSSR count). The number of anilines is 1. The van der Waals surface area contributed by atoms with Gasteiger partial charge in [0.15, 0.2) is 16.7 Å². The van der Waals surface area contributed by atoms with Gasteiger partial charge < -0.3 is 14.3 Å². The summed E-state index contributed by atoms with van der Waals surface area (Å²) in [6.45, 7) is 3.80. The first-order valence-corrected chi connectivity index (χ1v) is 11.6. The Hall–Kier alpha value is -3.91. The number of carbonyl (C=O) groups excluding carboxylic acids is 2. The molecule has 1 unspecified atom stereocenters. The van der Waals surface area contributed by atoms with E-state index in [2.05, 4.69) is 11.9 Å². The number of ketones is 1. The van der Waals surface area contributed by atoms with Crippen molar-refractivity contribution in [2.75, 3.05) is 12.0 Å². The molecule has 0 saturated carbocycles. The number of nitrogens with zero attached hydrogens (tertiary/aromatic N) is 2. The zero-order valence-corrected chi connectivity index (χ0v) is 19.7. The minimum absolute atomic E-state index is 0.0542. The van der Waals surface area contributed by atoms with E-state index in [0.717, 1.165) is 22.2 Å². The van der Waals surface area contributed by atoms with Crippen LogP contribution in [0.4, 0.5) is 5.13 Å². The van der Waals surface area contributed by atoms with Crippen LogP contribution in [0.3, 0.4) is 0 Å². The third-order valence-corrected chi connectivity index (χ3v) is 6.90. The summed E-state index contributed by atoms with van der Waals surface area (Å²) in [5, 5.41) is 11.3. The number of rotatable bonds is 6. The molecule has 0 bridgehead atoms. The summed E-state index contributed by atoms with van der Waals surface area (Å²) < 4.78 is 11.8. The van der Waals surface area contributed by atoms with Crippen molar-refractivity contribution in [1.29, 1.82) is 0 Å². The van der Waals surface area contributed by atoms with Crippen LogP contribution >= 0.6 is 11.3 Å². The monoisotopic (exact) mass is 474 g/mol. The lowest BCUT2D eigenvalue weighted by atomic mass is 9.95. The number of hydrogen-bond donors (Lipinski definition) is 1. The van der Waals surface area contributed by atoms with Gasteiger partial charge in [0, 0.05) is 0 Å². The topological polar surface area (TPSA) is 92.9 Å². The molecule has 0 radical (unpaired) electrons. The molecule has 7 nitrogen and oxygen atoms in total. The molecule has 1 amide bonds. The van der Waals surface area contributed by atoms with Gasteiger partial charge in [-0.15, -0.1) is 0 Å². The van der Waals surface area contributed by atoms with E-state index in [1.165, 1.54) is 22.3 Å². The number of benzene rings is 2. The molecule has 0 spiro atoms. The molecular formula is C26H22N2O5S. The summed E-state index contributed by atoms with van der Waals surface area (Å²) in [5.41, 5.74) is 2.46. The minimum Gasteiger partial charge on any atom is -0.503 e. The summed E-state index contributed by atoms with van der Waals surface area (Å²) in [6, 6.07) is 15.3. The van der Waals surface area contributed by atoms with Crippen LogP contribution < -0.4 is 9.64 Å². The molecule has 1 atom stereocenters. The molecule has 2 aromatic heterocycles. The Kier molecular flexibility index (Phi) is 5.45. The van der Waals surface area contributed by atoms with Crippen LogP contribution in [0.25, 0.3) is 10.2 Å². The van der Waals surface area contributed by atoms with E-state index in [-0.39, 0.29) is 11.3 Å². The lowest BCUT2D eigenvalue weighted by Gasteiger charge is -2.24. The van der Waals surface area contributed by atoms with Crippen molar-refractivity contribution in [3.05, 3.63) is 88.6 Å². The number of amides is 1. The van der Waals surface area contributed by atoms with Crippen molar-refractivity contribution in [3.8, 4) is 5.75 Å². The maximum absolute atomic E-state index is 13.4. The average Bonchev–Trinajstić information content (AvgIpc) is 3.54. The number of ether oxygens (including phenoxy) is 1. The van der Waals surface area contributed by atoms with Gasteiger partial charge in [-0.3, -0.25) is 14.5 Å². The molecule has 0 fully saturated rings. The first kappa shape index (κ1) is 21.9. The van der Waals surface area contributed by atoms with Gasteiger partial charge in [0.2, 0.25) is 5.78 Å². The Bertz CT molecular complexity index is 1460. The van der Waals surface area contributed by atoms with Crippen molar-refractivity contribution in [2.24, 2.45) is 0 Å². The maximum Gasteiger partial charge on any atom is 0.296 e. The number of methoxy groups -OCH3 is 1. The van der Waals surface area contributed by atoms with Crippen LogP contribution in [0.5, 0.6) is 5.75 Å². The second-order valence-corrected chi connectivity index (χ2v) is 9.02. The minimum atomic E-state index is -0.897. The fourth-order valence-electron chi connectivity index (χ4n) is 4.13. The normalized spacial score (nSPS) is 16.0. The predicted molar refractivity (Wildman–Crippen MR) is 130 cm³/mol. The zero-order chi connectivity index (χ0) is 24.0. The Morgan fingerprint density at radius 2 is 2.03 bits per heavy atom. The van der Waals surface area contributed by atoms with Crippen LogP contribution in [0, 0.1) is 6.92 Å². The van der Waals surface area contributed by atoms with Crippen molar-refractivity contribution in [1.82, 2.24) is 4.98 Å². The van der Waals surface area contributed by atoms with Gasteiger partial charge in [-0.2, -0.15) is 0 Å². The number of aryl methyl sites for hydroxylation is 2. The highest BCUT2D eigenvalue weighted by molar-refractivity contribution is 7.22. The lowest BCUT2D eigenvalue weighted by Crippen LogP contribution is -2.31. The van der Waals surface area contributed by atoms with E-state index < -0.39 is 23.5 Å². The summed E-state index contributed by atoms with van der Waals surface area (Å²) in [6.07, 6.45) is 0.877. The fraction of sp³-hybridized carbons (Fsp3) is 0.192. The SMILES string of the molecule is CCc1ccc2nc(N3C(=O)C(O)=C(C(=O)c4ccc(C)o4)C3c3cccc(OC)c3)sc2c1. The van der Waals surface area contributed by atoms with Gasteiger partial charge in [-0.25, -0.2) is 4.98 Å². The van der Waals surface area contributed by atoms with Gasteiger partial charge >= 0.3 is 0 Å². The van der Waals surface area contributed by atoms with E-state index in [4.69, 9.17) is 9.15 Å². The van der Waals surface area contributed by atoms with E-state index in [1.807, 2.05) is 18.2 Å². The Balaban J connectivity index is 1.68. The molecule has 1 aliphatic heterocycles. The number of aliphatic hydroxyl groups is 1. The molecule has 3 heterocycles. The highest BCUT2D eigenvalue weighted by Gasteiger charge is 2.46. The van der Waals surface area contributed by atoms with Crippen LogP contribution in [0.1, 0.15) is 40.4 Å². The Morgan fingerprint density at radius 3 is 2.74 bits per heavy atom. The zero-order valence-electron chi connectivity index (χ0n) is 18.9. The quantitative estimate of drug-likeness (QED) is 0.368. The first-order chi connectivity index (χ1) is 16.4. The molecule has 172 valence electrons. The van der Waals surface area contributed by atoms with Gasteiger partial charge in [0.05, 0.1) is 28.9 Å². The molecule has 0 saturated heterocycles. The first-order valence-electron chi connectivity index (χ1n) is 10.8. The van der Waals surface area contributed by atoms with Gasteiger partial charge in [-0.05, 0) is 60.9 Å². The predicted octanol–water partition coefficient (Wildman–Crippen LogP) is 5.55. The smallest absolute Gasteiger partial charge is 0.296 e. The number of carbonyl (C=O) groups is 2. The molecular weight excluding hydrogens is 452 g/mol. The number of hydrogen-bond acceptors (Lipinski definition) is 7. The molecule has 34 heavy (non-hydrogen) atoms. The standard InChI is InChI=1S/C26H22N2O5S/c1-4-15-9-10-18-20(12-15)34-26(27-18)28-22(16-6-5-7-17(13-16)32-3)21(24(30)25(28)31)23(29)19-11-8-14(2)33-19/h5-13,22,30H,4H2,1-3H3. The second-order valence-electron chi connectivity index (χ2n) is 8.01. The average molecular weight is 475 g/mol. The number of Topliss-reactive ketones (excluding diaryl/α,β-unsaturated/α-hetero) is 1. The van der Waals surface area contributed by atoms with Crippen molar-refractivity contribution in [2.45, 2.75) is 26.3 Å². The summed E-state index contributed by atoms with van der Waals surface area (Å²) in [4.78, 5) is 32.9. The lowest BCUT2D eigenvalue weighted by molar-refractivity contribution is -0.117. The summed E-state index contributed by atoms with van der Waals surface area (Å²) >= 11 is 1.34. The molecule has 2 aromatic carbocycles. The van der Waals surface area contributed by atoms with Crippen molar-refractivity contribution >= 4 is 38.4 Å². The van der Waals surface area contributed by atoms with Crippen molar-refractivity contribution in [3.63, 3.8) is 0 Å². The number of aliphatic hydroxyl groups excluding tert-OH is 1. The fourth-order valence-corrected chi connectivity index (χ4v) is 5.19. The summed E-state index contributed by atoms with van der Waals surface area (Å²) in [7, 11) is 1.54. The highest BCUT2D eigenvalue weighted by atomic mass is 32.1.